The standard InChI is InChI=1S/C23H20N8O2/c32-18-7-10-31(14-18)21(33)13-26-23-25-9-6-20(29-23)22-24-8-5-17(28-22)3-1-15-2-4-19-16(11-15)12-27-30-19/h2,4-6,8-9,11-12,18,32H,7,10,13-14H2,(H,27,30)(H,25,26,29)/t18-/m0/s1. The first-order valence-corrected chi connectivity index (χ1v) is 10.5. The number of rotatable bonds is 4. The topological polar surface area (TPSA) is 133 Å². The average Bonchev–Trinajstić information content (AvgIpc) is 3.50. The van der Waals surface area contributed by atoms with Crippen LogP contribution in [0.25, 0.3) is 22.4 Å². The van der Waals surface area contributed by atoms with Gasteiger partial charge in [0.25, 0.3) is 0 Å². The second-order valence-electron chi connectivity index (χ2n) is 7.59. The largest absolute Gasteiger partial charge is 0.391 e. The highest BCUT2D eigenvalue weighted by Gasteiger charge is 2.24. The third-order valence-electron chi connectivity index (χ3n) is 5.23. The van der Waals surface area contributed by atoms with Crippen LogP contribution in [0.5, 0.6) is 0 Å². The fourth-order valence-corrected chi connectivity index (χ4v) is 3.51. The average molecular weight is 440 g/mol. The van der Waals surface area contributed by atoms with Gasteiger partial charge >= 0.3 is 0 Å². The van der Waals surface area contributed by atoms with Gasteiger partial charge in [0.15, 0.2) is 5.82 Å². The van der Waals surface area contributed by atoms with Crippen molar-refractivity contribution in [1.29, 1.82) is 0 Å². The minimum absolute atomic E-state index is 0.0452. The molecule has 1 aliphatic rings. The number of aromatic nitrogens is 6. The summed E-state index contributed by atoms with van der Waals surface area (Å²) in [6.07, 6.45) is 5.12. The van der Waals surface area contributed by atoms with E-state index in [4.69, 9.17) is 0 Å². The molecule has 5 rings (SSSR count). The number of fused-ring (bicyclic) bond motifs is 1. The Hall–Kier alpha value is -4.36. The molecule has 0 bridgehead atoms. The Morgan fingerprint density at radius 2 is 2.09 bits per heavy atom. The molecule has 0 radical (unpaired) electrons. The Balaban J connectivity index is 1.29. The minimum atomic E-state index is -0.449. The van der Waals surface area contributed by atoms with Gasteiger partial charge in [-0.25, -0.2) is 19.9 Å². The number of carbonyl (C=O) groups excluding carboxylic acids is 1. The van der Waals surface area contributed by atoms with Gasteiger partial charge in [0.2, 0.25) is 11.9 Å². The summed E-state index contributed by atoms with van der Waals surface area (Å²) in [5.41, 5.74) is 2.88. The number of likely N-dealkylation sites (tertiary alicyclic amines) is 1. The predicted octanol–water partition coefficient (Wildman–Crippen LogP) is 1.21. The van der Waals surface area contributed by atoms with Gasteiger partial charge in [0.05, 0.1) is 24.4 Å². The lowest BCUT2D eigenvalue weighted by atomic mass is 10.1. The van der Waals surface area contributed by atoms with Crippen LogP contribution >= 0.6 is 0 Å². The molecule has 1 atom stereocenters. The van der Waals surface area contributed by atoms with Crippen LogP contribution in [-0.2, 0) is 4.79 Å². The first-order chi connectivity index (χ1) is 16.1. The number of hydrogen-bond donors (Lipinski definition) is 3. The third kappa shape index (κ3) is 4.78. The number of aliphatic hydroxyl groups excluding tert-OH is 1. The molecule has 10 nitrogen and oxygen atoms in total. The van der Waals surface area contributed by atoms with Crippen LogP contribution in [0.2, 0.25) is 0 Å². The number of H-pyrrole nitrogens is 1. The van der Waals surface area contributed by atoms with Crippen LogP contribution in [-0.4, -0.2) is 71.8 Å². The summed E-state index contributed by atoms with van der Waals surface area (Å²) in [6.45, 7) is 0.961. The summed E-state index contributed by atoms with van der Waals surface area (Å²) in [5.74, 6) is 6.76. The molecule has 33 heavy (non-hydrogen) atoms. The second-order valence-corrected chi connectivity index (χ2v) is 7.59. The highest BCUT2D eigenvalue weighted by molar-refractivity contribution is 5.81. The molecule has 164 valence electrons. The Morgan fingerprint density at radius 3 is 2.97 bits per heavy atom. The van der Waals surface area contributed by atoms with Gasteiger partial charge < -0.3 is 15.3 Å². The lowest BCUT2D eigenvalue weighted by Gasteiger charge is -2.15. The second kappa shape index (κ2) is 9.02. The summed E-state index contributed by atoms with van der Waals surface area (Å²) >= 11 is 0. The van der Waals surface area contributed by atoms with E-state index in [0.29, 0.717) is 42.7 Å². The van der Waals surface area contributed by atoms with Gasteiger partial charge in [-0.3, -0.25) is 9.89 Å². The summed E-state index contributed by atoms with van der Waals surface area (Å²) in [4.78, 5) is 31.3. The molecule has 3 N–H and O–H groups in total. The molecule has 1 fully saturated rings. The van der Waals surface area contributed by atoms with Crippen molar-refractivity contribution in [2.75, 3.05) is 25.0 Å². The lowest BCUT2D eigenvalue weighted by molar-refractivity contribution is -0.128. The Labute approximate surface area is 189 Å². The predicted molar refractivity (Wildman–Crippen MR) is 121 cm³/mol. The number of benzene rings is 1. The van der Waals surface area contributed by atoms with Crippen LogP contribution in [0.4, 0.5) is 5.95 Å². The number of anilines is 1. The number of aromatic amines is 1. The Kier molecular flexibility index (Phi) is 5.61. The molecule has 1 aromatic carbocycles. The zero-order valence-corrected chi connectivity index (χ0v) is 17.6. The molecular formula is C23H20N8O2. The molecule has 4 aromatic rings. The fourth-order valence-electron chi connectivity index (χ4n) is 3.51. The number of nitrogens with one attached hydrogen (secondary N) is 2. The first kappa shape index (κ1) is 20.5. The number of carbonyl (C=O) groups is 1. The van der Waals surface area contributed by atoms with Gasteiger partial charge in [-0.15, -0.1) is 0 Å². The van der Waals surface area contributed by atoms with Crippen LogP contribution in [0.15, 0.2) is 48.9 Å². The molecule has 0 spiro atoms. The highest BCUT2D eigenvalue weighted by Crippen LogP contribution is 2.15. The minimum Gasteiger partial charge on any atom is -0.391 e. The van der Waals surface area contributed by atoms with Crippen LogP contribution in [0.3, 0.4) is 0 Å². The van der Waals surface area contributed by atoms with Gasteiger partial charge in [0.1, 0.15) is 11.4 Å². The van der Waals surface area contributed by atoms with Crippen LogP contribution in [0, 0.1) is 11.8 Å². The van der Waals surface area contributed by atoms with Crippen molar-refractivity contribution < 1.29 is 9.90 Å². The zero-order valence-electron chi connectivity index (χ0n) is 17.6. The van der Waals surface area contributed by atoms with Crippen molar-refractivity contribution in [1.82, 2.24) is 35.0 Å². The van der Waals surface area contributed by atoms with Crippen molar-refractivity contribution in [3.63, 3.8) is 0 Å². The van der Waals surface area contributed by atoms with E-state index in [1.165, 1.54) is 0 Å². The van der Waals surface area contributed by atoms with Crippen molar-refractivity contribution in [2.24, 2.45) is 0 Å². The molecule has 10 heteroatoms. The van der Waals surface area contributed by atoms with E-state index in [9.17, 15) is 9.90 Å². The summed E-state index contributed by atoms with van der Waals surface area (Å²) in [6, 6.07) is 9.24. The fraction of sp³-hybridized carbons (Fsp3) is 0.217. The lowest BCUT2D eigenvalue weighted by Crippen LogP contribution is -2.34. The molecule has 1 aliphatic heterocycles. The number of hydrogen-bond acceptors (Lipinski definition) is 8. The normalized spacial score (nSPS) is 15.3. The first-order valence-electron chi connectivity index (χ1n) is 10.5. The van der Waals surface area contributed by atoms with E-state index in [0.717, 1.165) is 16.5 Å². The molecular weight excluding hydrogens is 420 g/mol. The number of β-amino-alcohol motifs (C(OH)–C–C–N with tert-alkyl or cyclic N) is 1. The van der Waals surface area contributed by atoms with Crippen LogP contribution < -0.4 is 5.32 Å². The molecule has 3 aromatic heterocycles. The van der Waals surface area contributed by atoms with Gasteiger partial charge in [0, 0.05) is 36.4 Å². The van der Waals surface area contributed by atoms with E-state index in [2.05, 4.69) is 47.3 Å². The summed E-state index contributed by atoms with van der Waals surface area (Å²) < 4.78 is 0. The maximum absolute atomic E-state index is 12.3. The summed E-state index contributed by atoms with van der Waals surface area (Å²) in [7, 11) is 0. The smallest absolute Gasteiger partial charge is 0.242 e. The highest BCUT2D eigenvalue weighted by atomic mass is 16.3. The maximum atomic E-state index is 12.3. The van der Waals surface area contributed by atoms with E-state index in [1.54, 1.807) is 35.6 Å². The van der Waals surface area contributed by atoms with E-state index in [1.807, 2.05) is 18.2 Å². The van der Waals surface area contributed by atoms with Crippen molar-refractivity contribution >= 4 is 22.8 Å². The molecule has 0 saturated carbocycles. The number of amides is 1. The van der Waals surface area contributed by atoms with Crippen molar-refractivity contribution in [3.05, 3.63) is 60.2 Å². The van der Waals surface area contributed by atoms with Gasteiger partial charge in [-0.2, -0.15) is 5.10 Å². The van der Waals surface area contributed by atoms with Crippen molar-refractivity contribution in [2.45, 2.75) is 12.5 Å². The SMILES string of the molecule is O=C(CNc1nccc(-c2nccc(C#Cc3ccc4[nH]ncc4c3)n2)n1)N1CC[C@H](O)C1. The monoisotopic (exact) mass is 440 g/mol. The molecule has 4 heterocycles. The Bertz CT molecular complexity index is 1370. The number of aliphatic hydroxyl groups is 1. The molecule has 1 saturated heterocycles. The van der Waals surface area contributed by atoms with Gasteiger partial charge in [-0.05, 0) is 42.7 Å². The van der Waals surface area contributed by atoms with Crippen LogP contribution in [0.1, 0.15) is 17.7 Å². The third-order valence-corrected chi connectivity index (χ3v) is 5.23. The van der Waals surface area contributed by atoms with E-state index in [-0.39, 0.29) is 12.5 Å². The number of nitrogens with zero attached hydrogens (tertiary/aromatic N) is 6. The quantitative estimate of drug-likeness (QED) is 0.404. The van der Waals surface area contributed by atoms with E-state index < -0.39 is 6.10 Å². The van der Waals surface area contributed by atoms with Gasteiger partial charge in [-0.1, -0.05) is 5.92 Å². The Morgan fingerprint density at radius 1 is 1.18 bits per heavy atom. The summed E-state index contributed by atoms with van der Waals surface area (Å²) in [5, 5.41) is 20.4. The van der Waals surface area contributed by atoms with E-state index >= 15 is 0 Å². The van der Waals surface area contributed by atoms with Crippen molar-refractivity contribution in [3.8, 4) is 23.4 Å². The molecule has 0 unspecified atom stereocenters. The maximum Gasteiger partial charge on any atom is 0.242 e. The molecule has 0 aliphatic carbocycles. The molecule has 1 amide bonds. The zero-order chi connectivity index (χ0) is 22.6.